The molecule has 4 heteroatoms. The molecule has 1 unspecified atom stereocenters. The number of benzene rings is 1. The maximum absolute atomic E-state index is 11.8. The summed E-state index contributed by atoms with van der Waals surface area (Å²) in [5.74, 6) is -1.16. The molecule has 104 valence electrons. The van der Waals surface area contributed by atoms with Crippen LogP contribution in [0.25, 0.3) is 0 Å². The lowest BCUT2D eigenvalue weighted by Gasteiger charge is -2.23. The van der Waals surface area contributed by atoms with Gasteiger partial charge in [0.2, 0.25) is 5.91 Å². The molecule has 1 aromatic carbocycles. The summed E-state index contributed by atoms with van der Waals surface area (Å²) in [5.41, 5.74) is 0.604. The van der Waals surface area contributed by atoms with Gasteiger partial charge in [0, 0.05) is 7.05 Å². The first kappa shape index (κ1) is 15.2. The highest BCUT2D eigenvalue weighted by Gasteiger charge is 2.40. The second kappa shape index (κ2) is 5.87. The molecule has 0 aliphatic carbocycles. The summed E-state index contributed by atoms with van der Waals surface area (Å²) in [4.78, 5) is 23.1. The number of aliphatic carboxylic acids is 1. The first-order chi connectivity index (χ1) is 8.81. The van der Waals surface area contributed by atoms with Crippen molar-refractivity contribution in [3.8, 4) is 0 Å². The molecule has 0 fully saturated rings. The smallest absolute Gasteiger partial charge is 0.319 e. The molecule has 0 radical (unpaired) electrons. The molecule has 0 spiro atoms. The van der Waals surface area contributed by atoms with Gasteiger partial charge in [-0.3, -0.25) is 9.59 Å². The zero-order valence-corrected chi connectivity index (χ0v) is 11.9. The van der Waals surface area contributed by atoms with Gasteiger partial charge in [-0.15, -0.1) is 0 Å². The molecule has 0 aliphatic rings. The van der Waals surface area contributed by atoms with Crippen LogP contribution in [0.2, 0.25) is 0 Å². The van der Waals surface area contributed by atoms with Gasteiger partial charge < -0.3 is 10.4 Å². The van der Waals surface area contributed by atoms with Crippen molar-refractivity contribution in [2.24, 2.45) is 5.41 Å². The topological polar surface area (TPSA) is 66.4 Å². The summed E-state index contributed by atoms with van der Waals surface area (Å²) in [5, 5.41) is 11.7. The summed E-state index contributed by atoms with van der Waals surface area (Å²) in [7, 11) is 1.45. The third-order valence-electron chi connectivity index (χ3n) is 3.40. The molecule has 1 amide bonds. The lowest BCUT2D eigenvalue weighted by atomic mass is 9.82. The molecule has 0 saturated heterocycles. The van der Waals surface area contributed by atoms with Crippen LogP contribution in [-0.2, 0) is 16.0 Å². The van der Waals surface area contributed by atoms with Crippen LogP contribution in [0.3, 0.4) is 0 Å². The van der Waals surface area contributed by atoms with E-state index in [4.69, 9.17) is 0 Å². The van der Waals surface area contributed by atoms with Gasteiger partial charge in [0.15, 0.2) is 0 Å². The Morgan fingerprint density at radius 2 is 1.79 bits per heavy atom. The van der Waals surface area contributed by atoms with Gasteiger partial charge >= 0.3 is 5.97 Å². The Kier molecular flexibility index (Phi) is 4.70. The molecule has 0 bridgehead atoms. The predicted molar refractivity (Wildman–Crippen MR) is 74.0 cm³/mol. The summed E-state index contributed by atoms with van der Waals surface area (Å²) < 4.78 is 0. The number of hydrogen-bond donors (Lipinski definition) is 2. The van der Waals surface area contributed by atoms with Gasteiger partial charge in [-0.25, -0.2) is 0 Å². The van der Waals surface area contributed by atoms with Crippen molar-refractivity contribution in [2.75, 3.05) is 7.05 Å². The number of amides is 1. The van der Waals surface area contributed by atoms with Crippen LogP contribution in [0.1, 0.15) is 37.8 Å². The summed E-state index contributed by atoms with van der Waals surface area (Å²) in [6, 6.07) is 7.73. The Balaban J connectivity index is 2.98. The zero-order chi connectivity index (χ0) is 14.6. The average molecular weight is 263 g/mol. The van der Waals surface area contributed by atoms with Gasteiger partial charge in [-0.2, -0.15) is 0 Å². The lowest BCUT2D eigenvalue weighted by molar-refractivity contribution is -0.154. The van der Waals surface area contributed by atoms with E-state index in [1.807, 2.05) is 24.3 Å². The zero-order valence-electron chi connectivity index (χ0n) is 11.9. The number of nitrogens with one attached hydrogen (secondary N) is 1. The van der Waals surface area contributed by atoms with Gasteiger partial charge in [0.05, 0.1) is 0 Å². The highest BCUT2D eigenvalue weighted by molar-refractivity contribution is 6.01. The highest BCUT2D eigenvalue weighted by atomic mass is 16.4. The molecule has 2 N–H and O–H groups in total. The minimum Gasteiger partial charge on any atom is -0.480 e. The Hall–Kier alpha value is -1.84. The van der Waals surface area contributed by atoms with Crippen LogP contribution in [0.5, 0.6) is 0 Å². The minimum atomic E-state index is -1.44. The van der Waals surface area contributed by atoms with E-state index in [-0.39, 0.29) is 6.42 Å². The van der Waals surface area contributed by atoms with Gasteiger partial charge in [0.25, 0.3) is 0 Å². The quantitative estimate of drug-likeness (QED) is 0.800. The van der Waals surface area contributed by atoms with Crippen LogP contribution in [0, 0.1) is 5.41 Å². The number of carbonyl (C=O) groups excluding carboxylic acids is 1. The van der Waals surface area contributed by atoms with E-state index < -0.39 is 17.3 Å². The van der Waals surface area contributed by atoms with Gasteiger partial charge in [0.1, 0.15) is 5.41 Å². The van der Waals surface area contributed by atoms with E-state index in [9.17, 15) is 14.7 Å². The fourth-order valence-electron chi connectivity index (χ4n) is 1.96. The molecule has 1 aromatic rings. The minimum absolute atomic E-state index is 0.181. The van der Waals surface area contributed by atoms with Crippen LogP contribution in [0.15, 0.2) is 24.3 Å². The third kappa shape index (κ3) is 3.34. The van der Waals surface area contributed by atoms with Crippen LogP contribution in [0.4, 0.5) is 0 Å². The molecule has 0 aromatic heterocycles. The van der Waals surface area contributed by atoms with E-state index in [1.165, 1.54) is 19.5 Å². The molecule has 4 nitrogen and oxygen atoms in total. The Morgan fingerprint density at radius 3 is 2.16 bits per heavy atom. The van der Waals surface area contributed by atoms with Crippen molar-refractivity contribution in [1.29, 1.82) is 0 Å². The normalized spacial score (nSPS) is 13.9. The van der Waals surface area contributed by atoms with E-state index in [1.54, 1.807) is 0 Å². The molecular formula is C15H21NO3. The average Bonchev–Trinajstić information content (AvgIpc) is 2.37. The molecule has 0 aliphatic heterocycles. The maximum Gasteiger partial charge on any atom is 0.319 e. The number of rotatable bonds is 5. The number of carbonyl (C=O) groups is 2. The van der Waals surface area contributed by atoms with Gasteiger partial charge in [-0.05, 0) is 30.4 Å². The van der Waals surface area contributed by atoms with Crippen molar-refractivity contribution in [1.82, 2.24) is 5.32 Å². The number of carboxylic acids is 1. The van der Waals surface area contributed by atoms with E-state index >= 15 is 0 Å². The first-order valence-electron chi connectivity index (χ1n) is 6.35. The monoisotopic (exact) mass is 263 g/mol. The molecule has 1 rings (SSSR count). The van der Waals surface area contributed by atoms with E-state index in [0.717, 1.165) is 5.56 Å². The van der Waals surface area contributed by atoms with Crippen molar-refractivity contribution in [2.45, 2.75) is 33.1 Å². The second-order valence-corrected chi connectivity index (χ2v) is 5.29. The van der Waals surface area contributed by atoms with Crippen LogP contribution >= 0.6 is 0 Å². The predicted octanol–water partition coefficient (Wildman–Crippen LogP) is 2.19. The Labute approximate surface area is 113 Å². The summed E-state index contributed by atoms with van der Waals surface area (Å²) in [6.07, 6.45) is 0.181. The summed E-state index contributed by atoms with van der Waals surface area (Å²) >= 11 is 0. The maximum atomic E-state index is 11.8. The first-order valence-corrected chi connectivity index (χ1v) is 6.35. The number of hydrogen-bond acceptors (Lipinski definition) is 2. The summed E-state index contributed by atoms with van der Waals surface area (Å²) in [6.45, 7) is 5.65. The molecular weight excluding hydrogens is 242 g/mol. The van der Waals surface area contributed by atoms with E-state index in [2.05, 4.69) is 19.2 Å². The van der Waals surface area contributed by atoms with Crippen molar-refractivity contribution in [3.63, 3.8) is 0 Å². The van der Waals surface area contributed by atoms with Crippen molar-refractivity contribution < 1.29 is 14.7 Å². The standard InChI is InChI=1S/C15H21NO3/c1-10(2)12-7-5-11(6-8-12)9-15(3,14(18)19)13(17)16-4/h5-8,10H,9H2,1-4H3,(H,16,17)(H,18,19). The Bertz CT molecular complexity index is 465. The Morgan fingerprint density at radius 1 is 1.26 bits per heavy atom. The molecule has 1 atom stereocenters. The molecule has 0 saturated carbocycles. The molecule has 0 heterocycles. The highest BCUT2D eigenvalue weighted by Crippen LogP contribution is 2.24. The lowest BCUT2D eigenvalue weighted by Crippen LogP contribution is -2.44. The SMILES string of the molecule is CNC(=O)C(C)(Cc1ccc(C(C)C)cc1)C(=O)O. The third-order valence-corrected chi connectivity index (χ3v) is 3.40. The van der Waals surface area contributed by atoms with Crippen molar-refractivity contribution in [3.05, 3.63) is 35.4 Å². The fraction of sp³-hybridized carbons (Fsp3) is 0.467. The van der Waals surface area contributed by atoms with Crippen molar-refractivity contribution >= 4 is 11.9 Å². The van der Waals surface area contributed by atoms with Gasteiger partial charge in [-0.1, -0.05) is 38.1 Å². The number of carboxylic acid groups (broad SMARTS) is 1. The molecule has 19 heavy (non-hydrogen) atoms. The van der Waals surface area contributed by atoms with E-state index in [0.29, 0.717) is 5.92 Å². The fourth-order valence-corrected chi connectivity index (χ4v) is 1.96. The largest absolute Gasteiger partial charge is 0.480 e. The van der Waals surface area contributed by atoms with Crippen LogP contribution < -0.4 is 5.32 Å². The van der Waals surface area contributed by atoms with Crippen LogP contribution in [-0.4, -0.2) is 24.0 Å². The second-order valence-electron chi connectivity index (χ2n) is 5.29.